The number of carbonyl (C=O) groups is 1. The lowest BCUT2D eigenvalue weighted by molar-refractivity contribution is 0.0000807. The summed E-state index contributed by atoms with van der Waals surface area (Å²) in [5.74, 6) is 1.56. The van der Waals surface area contributed by atoms with Crippen molar-refractivity contribution in [3.8, 4) is 11.5 Å². The van der Waals surface area contributed by atoms with Crippen LogP contribution in [0.4, 0.5) is 4.79 Å². The molecule has 0 aromatic heterocycles. The molecule has 142 valence electrons. The minimum atomic E-state index is -0.477. The van der Waals surface area contributed by atoms with Crippen LogP contribution in [0.1, 0.15) is 52.0 Å². The van der Waals surface area contributed by atoms with Gasteiger partial charge >= 0.3 is 6.09 Å². The van der Waals surface area contributed by atoms with Gasteiger partial charge in [-0.3, -0.25) is 4.90 Å². The SMILES string of the molecule is COc1cc(OC)cc(C2=CC3CCCC(C2)N3C(=O)OC(C)(C)C)c1. The van der Waals surface area contributed by atoms with Crippen LogP contribution in [0.2, 0.25) is 0 Å². The second kappa shape index (κ2) is 7.22. The van der Waals surface area contributed by atoms with E-state index in [1.54, 1.807) is 14.2 Å². The van der Waals surface area contributed by atoms with E-state index in [1.165, 1.54) is 5.57 Å². The van der Waals surface area contributed by atoms with Crippen LogP contribution in [0.25, 0.3) is 5.57 Å². The van der Waals surface area contributed by atoms with E-state index in [2.05, 4.69) is 6.08 Å². The summed E-state index contributed by atoms with van der Waals surface area (Å²) in [6.45, 7) is 5.73. The number of benzene rings is 1. The highest BCUT2D eigenvalue weighted by Crippen LogP contribution is 2.39. The van der Waals surface area contributed by atoms with Crippen molar-refractivity contribution < 1.29 is 19.0 Å². The molecule has 0 N–H and O–H groups in total. The molecule has 0 radical (unpaired) electrons. The first-order valence-corrected chi connectivity index (χ1v) is 9.26. The number of amides is 1. The average Bonchev–Trinajstić information content (AvgIpc) is 2.58. The lowest BCUT2D eigenvalue weighted by Gasteiger charge is -2.45. The Morgan fingerprint density at radius 1 is 1.08 bits per heavy atom. The zero-order chi connectivity index (χ0) is 18.9. The Labute approximate surface area is 155 Å². The number of piperidine rings is 1. The molecule has 2 unspecified atom stereocenters. The van der Waals surface area contributed by atoms with Gasteiger partial charge in [-0.1, -0.05) is 6.08 Å². The van der Waals surface area contributed by atoms with Crippen molar-refractivity contribution in [1.29, 1.82) is 0 Å². The fourth-order valence-corrected chi connectivity index (χ4v) is 3.84. The molecule has 0 saturated carbocycles. The number of methoxy groups -OCH3 is 2. The van der Waals surface area contributed by atoms with Gasteiger partial charge in [-0.2, -0.15) is 0 Å². The average molecular weight is 359 g/mol. The Bertz CT molecular complexity index is 682. The normalized spacial score (nSPS) is 22.5. The van der Waals surface area contributed by atoms with Gasteiger partial charge in [-0.25, -0.2) is 4.79 Å². The number of carbonyl (C=O) groups excluding carboxylic acids is 1. The molecule has 0 aliphatic carbocycles. The van der Waals surface area contributed by atoms with Crippen molar-refractivity contribution in [2.24, 2.45) is 0 Å². The van der Waals surface area contributed by atoms with Crippen LogP contribution >= 0.6 is 0 Å². The van der Waals surface area contributed by atoms with Crippen molar-refractivity contribution in [3.63, 3.8) is 0 Å². The first-order chi connectivity index (χ1) is 12.3. The second-order valence-electron chi connectivity index (χ2n) is 8.04. The lowest BCUT2D eigenvalue weighted by atomic mass is 9.83. The van der Waals surface area contributed by atoms with Crippen LogP contribution in [0.3, 0.4) is 0 Å². The maximum Gasteiger partial charge on any atom is 0.411 e. The molecule has 2 bridgehead atoms. The first kappa shape index (κ1) is 18.6. The topological polar surface area (TPSA) is 48.0 Å². The van der Waals surface area contributed by atoms with Gasteiger partial charge in [-0.15, -0.1) is 0 Å². The van der Waals surface area contributed by atoms with E-state index in [1.807, 2.05) is 43.9 Å². The van der Waals surface area contributed by atoms with E-state index in [0.29, 0.717) is 0 Å². The Hall–Kier alpha value is -2.17. The lowest BCUT2D eigenvalue weighted by Crippen LogP contribution is -2.53. The Balaban J connectivity index is 1.90. The number of ether oxygens (including phenoxy) is 3. The van der Waals surface area contributed by atoms with Crippen molar-refractivity contribution >= 4 is 11.7 Å². The molecule has 2 aliphatic heterocycles. The molecule has 5 heteroatoms. The quantitative estimate of drug-likeness (QED) is 0.788. The smallest absolute Gasteiger partial charge is 0.411 e. The van der Waals surface area contributed by atoms with E-state index in [4.69, 9.17) is 14.2 Å². The zero-order valence-electron chi connectivity index (χ0n) is 16.4. The highest BCUT2D eigenvalue weighted by molar-refractivity contribution is 5.75. The molecular formula is C21H29NO4. The fraction of sp³-hybridized carbons (Fsp3) is 0.571. The van der Waals surface area contributed by atoms with Gasteiger partial charge < -0.3 is 14.2 Å². The van der Waals surface area contributed by atoms with E-state index >= 15 is 0 Å². The fourth-order valence-electron chi connectivity index (χ4n) is 3.84. The van der Waals surface area contributed by atoms with Gasteiger partial charge in [0.2, 0.25) is 0 Å². The molecule has 2 heterocycles. The van der Waals surface area contributed by atoms with Crippen LogP contribution < -0.4 is 9.47 Å². The van der Waals surface area contributed by atoms with Crippen molar-refractivity contribution in [2.45, 2.75) is 64.1 Å². The zero-order valence-corrected chi connectivity index (χ0v) is 16.4. The minimum Gasteiger partial charge on any atom is -0.497 e. The molecule has 0 spiro atoms. The molecule has 3 rings (SSSR count). The maximum atomic E-state index is 12.7. The minimum absolute atomic E-state index is 0.0875. The van der Waals surface area contributed by atoms with Crippen LogP contribution in [-0.4, -0.2) is 42.9 Å². The molecule has 1 aromatic carbocycles. The van der Waals surface area contributed by atoms with Crippen LogP contribution in [-0.2, 0) is 4.74 Å². The van der Waals surface area contributed by atoms with Crippen LogP contribution in [0.5, 0.6) is 11.5 Å². The van der Waals surface area contributed by atoms with Gasteiger partial charge in [0.25, 0.3) is 0 Å². The molecule has 1 aromatic rings. The van der Waals surface area contributed by atoms with Crippen molar-refractivity contribution in [3.05, 3.63) is 29.8 Å². The number of fused-ring (bicyclic) bond motifs is 2. The van der Waals surface area contributed by atoms with Gasteiger partial charge in [-0.05, 0) is 69.7 Å². The molecule has 2 aliphatic rings. The number of nitrogens with zero attached hydrogens (tertiary/aromatic N) is 1. The molecule has 5 nitrogen and oxygen atoms in total. The predicted molar refractivity (Wildman–Crippen MR) is 102 cm³/mol. The highest BCUT2D eigenvalue weighted by Gasteiger charge is 2.39. The standard InChI is InChI=1S/C21H29NO4/c1-21(2,3)26-20(23)22-16-7-6-8-17(22)10-14(9-16)15-11-18(24-4)13-19(12-15)25-5/h9,11-13,16-17H,6-8,10H2,1-5H3. The molecule has 1 amide bonds. The predicted octanol–water partition coefficient (Wildman–Crippen LogP) is 4.65. The van der Waals surface area contributed by atoms with Gasteiger partial charge in [0.15, 0.2) is 0 Å². The Morgan fingerprint density at radius 2 is 1.73 bits per heavy atom. The largest absolute Gasteiger partial charge is 0.497 e. The van der Waals surface area contributed by atoms with Gasteiger partial charge in [0.1, 0.15) is 17.1 Å². The Morgan fingerprint density at radius 3 is 2.27 bits per heavy atom. The third-order valence-electron chi connectivity index (χ3n) is 4.96. The summed E-state index contributed by atoms with van der Waals surface area (Å²) in [5, 5.41) is 0. The summed E-state index contributed by atoms with van der Waals surface area (Å²) in [4.78, 5) is 14.6. The summed E-state index contributed by atoms with van der Waals surface area (Å²) in [5.41, 5.74) is 1.87. The first-order valence-electron chi connectivity index (χ1n) is 9.26. The summed E-state index contributed by atoms with van der Waals surface area (Å²) < 4.78 is 16.5. The molecule has 26 heavy (non-hydrogen) atoms. The van der Waals surface area contributed by atoms with Crippen LogP contribution in [0.15, 0.2) is 24.3 Å². The molecule has 1 saturated heterocycles. The van der Waals surface area contributed by atoms with Crippen molar-refractivity contribution in [2.75, 3.05) is 14.2 Å². The summed E-state index contributed by atoms with van der Waals surface area (Å²) in [6, 6.07) is 6.21. The number of hydrogen-bond acceptors (Lipinski definition) is 4. The van der Waals surface area contributed by atoms with E-state index in [0.717, 1.165) is 42.7 Å². The van der Waals surface area contributed by atoms with Gasteiger partial charge in [0.05, 0.1) is 20.3 Å². The number of rotatable bonds is 3. The second-order valence-corrected chi connectivity index (χ2v) is 8.04. The van der Waals surface area contributed by atoms with E-state index in [-0.39, 0.29) is 18.2 Å². The maximum absolute atomic E-state index is 12.7. The highest BCUT2D eigenvalue weighted by atomic mass is 16.6. The number of hydrogen-bond donors (Lipinski definition) is 0. The molecule has 1 fully saturated rings. The summed E-state index contributed by atoms with van der Waals surface area (Å²) >= 11 is 0. The van der Waals surface area contributed by atoms with E-state index in [9.17, 15) is 4.79 Å². The van der Waals surface area contributed by atoms with Crippen LogP contribution in [0, 0.1) is 0 Å². The summed E-state index contributed by atoms with van der Waals surface area (Å²) in [7, 11) is 3.32. The molecular weight excluding hydrogens is 330 g/mol. The van der Waals surface area contributed by atoms with Crippen molar-refractivity contribution in [1.82, 2.24) is 4.90 Å². The monoisotopic (exact) mass is 359 g/mol. The third kappa shape index (κ3) is 3.97. The Kier molecular flexibility index (Phi) is 5.17. The molecule has 2 atom stereocenters. The van der Waals surface area contributed by atoms with E-state index < -0.39 is 5.60 Å². The summed E-state index contributed by atoms with van der Waals surface area (Å²) in [6.07, 6.45) is 5.96. The third-order valence-corrected chi connectivity index (χ3v) is 4.96. The van der Waals surface area contributed by atoms with Gasteiger partial charge in [0, 0.05) is 12.1 Å².